The molecule has 1 aliphatic carbocycles. The number of hydrogen-bond donors (Lipinski definition) is 1. The zero-order valence-electron chi connectivity index (χ0n) is 13.4. The van der Waals surface area contributed by atoms with Crippen LogP contribution in [0.3, 0.4) is 0 Å². The highest BCUT2D eigenvalue weighted by Gasteiger charge is 2.49. The number of hydrogen-bond acceptors (Lipinski definition) is 3. The summed E-state index contributed by atoms with van der Waals surface area (Å²) in [6.07, 6.45) is 3.62. The van der Waals surface area contributed by atoms with Gasteiger partial charge in [0.2, 0.25) is 5.91 Å². The molecule has 0 radical (unpaired) electrons. The summed E-state index contributed by atoms with van der Waals surface area (Å²) in [5, 5.41) is 7.86. The largest absolute Gasteiger partial charge is 0.318 e. The maximum absolute atomic E-state index is 13.0. The first-order chi connectivity index (χ1) is 9.92. The Labute approximate surface area is 131 Å². The van der Waals surface area contributed by atoms with E-state index in [0.29, 0.717) is 17.9 Å². The summed E-state index contributed by atoms with van der Waals surface area (Å²) < 4.78 is 0. The first-order valence-corrected chi connectivity index (χ1v) is 8.96. The second-order valence-corrected chi connectivity index (χ2v) is 8.27. The van der Waals surface area contributed by atoms with E-state index in [9.17, 15) is 4.79 Å². The van der Waals surface area contributed by atoms with Gasteiger partial charge in [0, 0.05) is 6.04 Å². The minimum Gasteiger partial charge on any atom is -0.318 e. The van der Waals surface area contributed by atoms with Gasteiger partial charge in [-0.15, -0.1) is 0 Å². The topological polar surface area (TPSA) is 32.3 Å². The summed E-state index contributed by atoms with van der Waals surface area (Å²) in [7, 11) is 0. The third-order valence-electron chi connectivity index (χ3n) is 5.20. The molecule has 3 rings (SSSR count). The number of rotatable bonds is 3. The van der Waals surface area contributed by atoms with Crippen molar-refractivity contribution in [1.29, 1.82) is 0 Å². The van der Waals surface area contributed by atoms with Gasteiger partial charge in [-0.2, -0.15) is 11.3 Å². The van der Waals surface area contributed by atoms with Gasteiger partial charge in [-0.25, -0.2) is 0 Å². The van der Waals surface area contributed by atoms with Crippen molar-refractivity contribution in [3.05, 3.63) is 22.4 Å². The van der Waals surface area contributed by atoms with Gasteiger partial charge in [0.25, 0.3) is 0 Å². The first kappa shape index (κ1) is 15.0. The van der Waals surface area contributed by atoms with Crippen molar-refractivity contribution in [2.75, 3.05) is 0 Å². The predicted molar refractivity (Wildman–Crippen MR) is 87.1 cm³/mol. The lowest BCUT2D eigenvalue weighted by Crippen LogP contribution is -2.45. The van der Waals surface area contributed by atoms with Crippen LogP contribution in [0.4, 0.5) is 0 Å². The molecule has 0 aromatic carbocycles. The molecule has 3 atom stereocenters. The minimum absolute atomic E-state index is 0.0497. The van der Waals surface area contributed by atoms with Gasteiger partial charge < -0.3 is 4.90 Å². The zero-order chi connectivity index (χ0) is 15.2. The summed E-state index contributed by atoms with van der Waals surface area (Å²) in [6.45, 7) is 8.88. The molecule has 1 aliphatic heterocycles. The molecule has 0 bridgehead atoms. The van der Waals surface area contributed by atoms with Crippen molar-refractivity contribution in [3.63, 3.8) is 0 Å². The van der Waals surface area contributed by atoms with Crippen molar-refractivity contribution in [3.8, 4) is 0 Å². The number of nitrogens with one attached hydrogen (secondary N) is 1. The van der Waals surface area contributed by atoms with Crippen LogP contribution >= 0.6 is 11.3 Å². The molecular weight excluding hydrogens is 280 g/mol. The molecule has 4 heteroatoms. The Morgan fingerprint density at radius 2 is 2.19 bits per heavy atom. The van der Waals surface area contributed by atoms with Gasteiger partial charge in [0.15, 0.2) is 0 Å². The van der Waals surface area contributed by atoms with Crippen molar-refractivity contribution in [2.45, 2.75) is 65.2 Å². The van der Waals surface area contributed by atoms with Crippen LogP contribution < -0.4 is 5.32 Å². The molecule has 3 nitrogen and oxygen atoms in total. The van der Waals surface area contributed by atoms with E-state index in [-0.39, 0.29) is 17.6 Å². The second kappa shape index (κ2) is 5.40. The van der Waals surface area contributed by atoms with E-state index in [1.54, 1.807) is 11.3 Å². The Bertz CT molecular complexity index is 509. The van der Waals surface area contributed by atoms with Gasteiger partial charge >= 0.3 is 0 Å². The summed E-state index contributed by atoms with van der Waals surface area (Å²) >= 11 is 1.70. The number of carbonyl (C=O) groups is 1. The molecule has 1 aromatic rings. The number of amides is 1. The molecule has 21 heavy (non-hydrogen) atoms. The van der Waals surface area contributed by atoms with Gasteiger partial charge in [-0.05, 0) is 46.6 Å². The van der Waals surface area contributed by atoms with Crippen LogP contribution in [0.15, 0.2) is 16.8 Å². The van der Waals surface area contributed by atoms with Crippen LogP contribution in [0.1, 0.15) is 58.7 Å². The van der Waals surface area contributed by atoms with Gasteiger partial charge in [0.1, 0.15) is 6.17 Å². The second-order valence-electron chi connectivity index (χ2n) is 7.49. The normalized spacial score (nSPS) is 32.3. The SMILES string of the molecule is CC(C)C1NC(c2ccsc2)N(C2CCCC2(C)C)C1=O. The van der Waals surface area contributed by atoms with E-state index in [0.717, 1.165) is 6.42 Å². The van der Waals surface area contributed by atoms with E-state index >= 15 is 0 Å². The fourth-order valence-electron chi connectivity index (χ4n) is 3.93. The Morgan fingerprint density at radius 3 is 2.71 bits per heavy atom. The van der Waals surface area contributed by atoms with E-state index < -0.39 is 0 Å². The molecule has 1 saturated carbocycles. The number of nitrogens with zero attached hydrogens (tertiary/aromatic N) is 1. The van der Waals surface area contributed by atoms with Crippen LogP contribution in [0.25, 0.3) is 0 Å². The molecule has 1 aromatic heterocycles. The summed E-state index contributed by atoms with van der Waals surface area (Å²) in [6, 6.07) is 2.45. The van der Waals surface area contributed by atoms with Gasteiger partial charge in [0.05, 0.1) is 6.04 Å². The predicted octanol–water partition coefficient (Wildman–Crippen LogP) is 3.78. The van der Waals surface area contributed by atoms with Crippen LogP contribution in [0, 0.1) is 11.3 Å². The minimum atomic E-state index is -0.0497. The third-order valence-corrected chi connectivity index (χ3v) is 5.90. The lowest BCUT2D eigenvalue weighted by Gasteiger charge is -2.38. The molecule has 116 valence electrons. The van der Waals surface area contributed by atoms with E-state index in [2.05, 4.69) is 54.7 Å². The van der Waals surface area contributed by atoms with Gasteiger partial charge in [-0.3, -0.25) is 10.1 Å². The standard InChI is InChI=1S/C17H26N2OS/c1-11(2)14-16(20)19(13-6-5-8-17(13,3)4)15(18-14)12-7-9-21-10-12/h7,9-11,13-15,18H,5-6,8H2,1-4H3. The van der Waals surface area contributed by atoms with Crippen molar-refractivity contribution < 1.29 is 4.79 Å². The van der Waals surface area contributed by atoms with Gasteiger partial charge in [-0.1, -0.05) is 34.1 Å². The Balaban J connectivity index is 1.95. The smallest absolute Gasteiger partial charge is 0.241 e. The fraction of sp³-hybridized carbons (Fsp3) is 0.706. The Kier molecular flexibility index (Phi) is 3.87. The van der Waals surface area contributed by atoms with Crippen molar-refractivity contribution >= 4 is 17.2 Å². The fourth-order valence-corrected chi connectivity index (χ4v) is 4.61. The Hall–Kier alpha value is -0.870. The van der Waals surface area contributed by atoms with Crippen LogP contribution in [0.2, 0.25) is 0 Å². The Morgan fingerprint density at radius 1 is 1.43 bits per heavy atom. The third kappa shape index (κ3) is 2.53. The molecule has 1 amide bonds. The molecule has 2 heterocycles. The monoisotopic (exact) mass is 306 g/mol. The highest BCUT2D eigenvalue weighted by Crippen LogP contribution is 2.45. The molecule has 2 fully saturated rings. The van der Waals surface area contributed by atoms with E-state index in [1.807, 2.05) is 0 Å². The van der Waals surface area contributed by atoms with Crippen LogP contribution in [-0.2, 0) is 4.79 Å². The average Bonchev–Trinajstić information content (AvgIpc) is 3.08. The van der Waals surface area contributed by atoms with Crippen molar-refractivity contribution in [2.24, 2.45) is 11.3 Å². The number of carbonyl (C=O) groups excluding carboxylic acids is 1. The lowest BCUT2D eigenvalue weighted by molar-refractivity contribution is -0.135. The highest BCUT2D eigenvalue weighted by atomic mass is 32.1. The first-order valence-electron chi connectivity index (χ1n) is 8.02. The molecular formula is C17H26N2OS. The molecule has 0 spiro atoms. The van der Waals surface area contributed by atoms with Crippen LogP contribution in [0.5, 0.6) is 0 Å². The van der Waals surface area contributed by atoms with E-state index in [1.165, 1.54) is 18.4 Å². The molecule has 1 N–H and O–H groups in total. The maximum atomic E-state index is 13.0. The zero-order valence-corrected chi connectivity index (χ0v) is 14.2. The quantitative estimate of drug-likeness (QED) is 0.921. The lowest BCUT2D eigenvalue weighted by atomic mass is 9.86. The highest BCUT2D eigenvalue weighted by molar-refractivity contribution is 7.07. The van der Waals surface area contributed by atoms with Crippen molar-refractivity contribution in [1.82, 2.24) is 10.2 Å². The van der Waals surface area contributed by atoms with Crippen LogP contribution in [-0.4, -0.2) is 22.9 Å². The summed E-state index contributed by atoms with van der Waals surface area (Å²) in [5.74, 6) is 0.620. The van der Waals surface area contributed by atoms with E-state index in [4.69, 9.17) is 0 Å². The average molecular weight is 306 g/mol. The number of thiophene rings is 1. The summed E-state index contributed by atoms with van der Waals surface area (Å²) in [5.41, 5.74) is 1.46. The molecule has 1 saturated heterocycles. The summed E-state index contributed by atoms with van der Waals surface area (Å²) in [4.78, 5) is 15.2. The maximum Gasteiger partial charge on any atom is 0.241 e. The molecule has 2 aliphatic rings. The molecule has 3 unspecified atom stereocenters.